The van der Waals surface area contributed by atoms with E-state index in [1.54, 1.807) is 13.3 Å². The number of likely N-dealkylation sites (tertiary alicyclic amines) is 1. The normalized spacial score (nSPS) is 14.4. The van der Waals surface area contributed by atoms with Gasteiger partial charge in [0.1, 0.15) is 5.75 Å². The first-order valence-corrected chi connectivity index (χ1v) is 12.8. The van der Waals surface area contributed by atoms with E-state index in [2.05, 4.69) is 18.9 Å². The Kier molecular flexibility index (Phi) is 6.78. The van der Waals surface area contributed by atoms with Crippen molar-refractivity contribution in [3.63, 3.8) is 0 Å². The lowest BCUT2D eigenvalue weighted by molar-refractivity contribution is 0.0652. The van der Waals surface area contributed by atoms with E-state index in [9.17, 15) is 9.59 Å². The van der Waals surface area contributed by atoms with Crippen molar-refractivity contribution in [1.29, 1.82) is 0 Å². The molecule has 0 aliphatic carbocycles. The quantitative estimate of drug-likeness (QED) is 0.319. The van der Waals surface area contributed by atoms with Crippen molar-refractivity contribution in [3.8, 4) is 17.0 Å². The molecule has 1 saturated heterocycles. The predicted molar refractivity (Wildman–Crippen MR) is 144 cm³/mol. The van der Waals surface area contributed by atoms with Gasteiger partial charge in [-0.25, -0.2) is 9.67 Å². The van der Waals surface area contributed by atoms with Crippen LogP contribution in [0.25, 0.3) is 22.3 Å². The summed E-state index contributed by atoms with van der Waals surface area (Å²) in [6, 6.07) is 17.4. The number of benzene rings is 2. The van der Waals surface area contributed by atoms with Gasteiger partial charge in [0.25, 0.3) is 5.91 Å². The van der Waals surface area contributed by atoms with E-state index in [4.69, 9.17) is 9.72 Å². The van der Waals surface area contributed by atoms with E-state index < -0.39 is 0 Å². The van der Waals surface area contributed by atoms with Gasteiger partial charge in [0, 0.05) is 36.2 Å². The van der Waals surface area contributed by atoms with Crippen LogP contribution in [0.1, 0.15) is 59.0 Å². The van der Waals surface area contributed by atoms with Crippen molar-refractivity contribution in [2.45, 2.75) is 39.7 Å². The lowest BCUT2D eigenvalue weighted by Crippen LogP contribution is -2.40. The first kappa shape index (κ1) is 24.7. The van der Waals surface area contributed by atoms with Crippen LogP contribution in [-0.2, 0) is 0 Å². The summed E-state index contributed by atoms with van der Waals surface area (Å²) in [5.41, 5.74) is 4.88. The van der Waals surface area contributed by atoms with Crippen LogP contribution in [0, 0.1) is 12.8 Å². The number of ether oxygens (including phenoxy) is 1. The fourth-order valence-electron chi connectivity index (χ4n) is 4.95. The van der Waals surface area contributed by atoms with Crippen LogP contribution in [-0.4, -0.2) is 51.6 Å². The molecule has 3 heterocycles. The third-order valence-corrected chi connectivity index (χ3v) is 7.16. The van der Waals surface area contributed by atoms with Gasteiger partial charge >= 0.3 is 0 Å². The number of aryl methyl sites for hydroxylation is 1. The Morgan fingerprint density at radius 2 is 1.68 bits per heavy atom. The molecule has 0 radical (unpaired) electrons. The summed E-state index contributed by atoms with van der Waals surface area (Å²) < 4.78 is 7.06. The van der Waals surface area contributed by atoms with Crippen LogP contribution in [0.4, 0.5) is 0 Å². The molecule has 0 spiro atoms. The van der Waals surface area contributed by atoms with E-state index in [0.29, 0.717) is 42.7 Å². The lowest BCUT2D eigenvalue weighted by atomic mass is 9.88. The molecule has 1 amide bonds. The monoisotopic (exact) mass is 496 g/mol. The second-order valence-electron chi connectivity index (χ2n) is 10.0. The Labute approximate surface area is 217 Å². The predicted octanol–water partition coefficient (Wildman–Crippen LogP) is 5.73. The van der Waals surface area contributed by atoms with Gasteiger partial charge in [0.15, 0.2) is 11.4 Å². The number of pyridine rings is 1. The maximum atomic E-state index is 13.8. The molecule has 2 aromatic carbocycles. The smallest absolute Gasteiger partial charge is 0.254 e. The summed E-state index contributed by atoms with van der Waals surface area (Å²) in [6.07, 6.45) is 3.02. The van der Waals surface area contributed by atoms with E-state index in [1.165, 1.54) is 5.56 Å². The van der Waals surface area contributed by atoms with Crippen LogP contribution in [0.3, 0.4) is 0 Å². The van der Waals surface area contributed by atoms with Crippen molar-refractivity contribution in [3.05, 3.63) is 77.5 Å². The summed E-state index contributed by atoms with van der Waals surface area (Å²) in [5.74, 6) is 0.716. The molecule has 1 aliphatic rings. The topological polar surface area (TPSA) is 77.3 Å². The molecule has 1 fully saturated rings. The minimum atomic E-state index is -0.0956. The molecule has 7 heteroatoms. The van der Waals surface area contributed by atoms with Crippen LogP contribution < -0.4 is 4.74 Å². The number of fused-ring (bicyclic) bond motifs is 1. The largest absolute Gasteiger partial charge is 0.497 e. The van der Waals surface area contributed by atoms with Crippen molar-refractivity contribution in [2.75, 3.05) is 20.2 Å². The number of carbonyl (C=O) groups is 2. The summed E-state index contributed by atoms with van der Waals surface area (Å²) in [5, 5.41) is 5.30. The summed E-state index contributed by atoms with van der Waals surface area (Å²) in [4.78, 5) is 33.6. The number of Topliss-reactive ketones (excluding diaryl/α,β-unsaturated/α-hetero) is 1. The van der Waals surface area contributed by atoms with Gasteiger partial charge in [-0.1, -0.05) is 29.8 Å². The number of amides is 1. The van der Waals surface area contributed by atoms with E-state index >= 15 is 0 Å². The number of rotatable bonds is 6. The second-order valence-corrected chi connectivity index (χ2v) is 10.0. The Morgan fingerprint density at radius 1 is 1.00 bits per heavy atom. The highest BCUT2D eigenvalue weighted by Crippen LogP contribution is 2.29. The fourth-order valence-corrected chi connectivity index (χ4v) is 4.95. The molecule has 37 heavy (non-hydrogen) atoms. The van der Waals surface area contributed by atoms with Gasteiger partial charge in [-0.05, 0) is 63.9 Å². The zero-order chi connectivity index (χ0) is 26.1. The summed E-state index contributed by atoms with van der Waals surface area (Å²) >= 11 is 0. The number of hydrogen-bond acceptors (Lipinski definition) is 5. The molecule has 5 rings (SSSR count). The molecule has 0 N–H and O–H groups in total. The zero-order valence-corrected chi connectivity index (χ0v) is 21.8. The Bertz CT molecular complexity index is 1430. The molecule has 0 saturated carbocycles. The maximum absolute atomic E-state index is 13.8. The van der Waals surface area contributed by atoms with E-state index in [-0.39, 0.29) is 23.7 Å². The fraction of sp³-hybridized carbons (Fsp3) is 0.333. The van der Waals surface area contributed by atoms with Gasteiger partial charge < -0.3 is 9.64 Å². The number of ketones is 1. The molecule has 0 unspecified atom stereocenters. The van der Waals surface area contributed by atoms with Crippen molar-refractivity contribution in [2.24, 2.45) is 5.92 Å². The SMILES string of the molecule is COc1ccc(C(=O)C2CCN(C(=O)c3cc(-c4ccc(C)cc4)nc4c3cnn4C(C)C)CC2)cc1. The number of carbonyl (C=O) groups excluding carboxylic acids is 2. The minimum absolute atomic E-state index is 0.0422. The van der Waals surface area contributed by atoms with Crippen molar-refractivity contribution >= 4 is 22.7 Å². The van der Waals surface area contributed by atoms with Gasteiger partial charge in [0.05, 0.1) is 30.0 Å². The molecule has 190 valence electrons. The Hall–Kier alpha value is -4.00. The van der Waals surface area contributed by atoms with Gasteiger partial charge in [0.2, 0.25) is 0 Å². The molecular formula is C30H32N4O3. The molecule has 7 nitrogen and oxygen atoms in total. The van der Waals surface area contributed by atoms with E-state index in [0.717, 1.165) is 22.4 Å². The van der Waals surface area contributed by atoms with Crippen LogP contribution in [0.5, 0.6) is 5.75 Å². The number of hydrogen-bond donors (Lipinski definition) is 0. The van der Waals surface area contributed by atoms with Gasteiger partial charge in [-0.3, -0.25) is 9.59 Å². The number of nitrogens with zero attached hydrogens (tertiary/aromatic N) is 4. The molecule has 1 aliphatic heterocycles. The number of piperidine rings is 1. The van der Waals surface area contributed by atoms with Crippen LogP contribution in [0.15, 0.2) is 60.8 Å². The van der Waals surface area contributed by atoms with Crippen LogP contribution in [0.2, 0.25) is 0 Å². The summed E-state index contributed by atoms with van der Waals surface area (Å²) in [7, 11) is 1.61. The summed E-state index contributed by atoms with van der Waals surface area (Å²) in [6.45, 7) is 7.23. The highest BCUT2D eigenvalue weighted by Gasteiger charge is 2.30. The highest BCUT2D eigenvalue weighted by molar-refractivity contribution is 6.06. The third kappa shape index (κ3) is 4.86. The van der Waals surface area contributed by atoms with Gasteiger partial charge in [-0.2, -0.15) is 5.10 Å². The average Bonchev–Trinajstić information content (AvgIpc) is 3.37. The zero-order valence-electron chi connectivity index (χ0n) is 21.8. The standard InChI is InChI=1S/C30H32N4O3/c1-19(2)34-29-26(18-31-34)25(17-27(32-29)21-7-5-20(3)6-8-21)30(36)33-15-13-23(14-16-33)28(35)22-9-11-24(37-4)12-10-22/h5-12,17-19,23H,13-16H2,1-4H3. The number of aromatic nitrogens is 3. The van der Waals surface area contributed by atoms with Gasteiger partial charge in [-0.15, -0.1) is 0 Å². The molecule has 0 atom stereocenters. The minimum Gasteiger partial charge on any atom is -0.497 e. The highest BCUT2D eigenvalue weighted by atomic mass is 16.5. The lowest BCUT2D eigenvalue weighted by Gasteiger charge is -2.31. The van der Waals surface area contributed by atoms with Crippen molar-refractivity contribution < 1.29 is 14.3 Å². The molecule has 4 aromatic rings. The Balaban J connectivity index is 1.40. The number of methoxy groups -OCH3 is 1. The second kappa shape index (κ2) is 10.2. The van der Waals surface area contributed by atoms with E-state index in [1.807, 2.05) is 71.1 Å². The Morgan fingerprint density at radius 3 is 2.30 bits per heavy atom. The first-order valence-electron chi connectivity index (χ1n) is 12.8. The van der Waals surface area contributed by atoms with Crippen LogP contribution >= 0.6 is 0 Å². The molecular weight excluding hydrogens is 464 g/mol. The maximum Gasteiger partial charge on any atom is 0.254 e. The molecule has 0 bridgehead atoms. The third-order valence-electron chi connectivity index (χ3n) is 7.16. The molecule has 2 aromatic heterocycles. The first-order chi connectivity index (χ1) is 17.9. The van der Waals surface area contributed by atoms with Crippen molar-refractivity contribution in [1.82, 2.24) is 19.7 Å². The average molecular weight is 497 g/mol.